The molecule has 0 unspecified atom stereocenters. The maximum absolute atomic E-state index is 3.86. The number of benzene rings is 4. The second-order valence-electron chi connectivity index (χ2n) is 9.07. The van der Waals surface area contributed by atoms with E-state index in [1.807, 2.05) is 0 Å². The second kappa shape index (κ2) is 10.9. The molecule has 0 heterocycles. The van der Waals surface area contributed by atoms with Crippen LogP contribution in [0.25, 0.3) is 0 Å². The van der Waals surface area contributed by atoms with Crippen LogP contribution in [0.5, 0.6) is 0 Å². The summed E-state index contributed by atoms with van der Waals surface area (Å²) in [4.78, 5) is 0. The van der Waals surface area contributed by atoms with Crippen LogP contribution in [0, 0.1) is 27.7 Å². The average Bonchev–Trinajstić information content (AvgIpc) is 2.84. The molecular formula is C32H34N2. The number of nitrogens with one attached hydrogen (secondary N) is 2. The lowest BCUT2D eigenvalue weighted by Crippen LogP contribution is -2.16. The zero-order chi connectivity index (χ0) is 23.9. The molecule has 0 amide bonds. The Bertz CT molecular complexity index is 1130. The van der Waals surface area contributed by atoms with Gasteiger partial charge in [-0.15, -0.1) is 0 Å². The van der Waals surface area contributed by atoms with Crippen molar-refractivity contribution >= 4 is 11.4 Å². The highest BCUT2D eigenvalue weighted by atomic mass is 15.0. The topological polar surface area (TPSA) is 24.1 Å². The summed E-state index contributed by atoms with van der Waals surface area (Å²) >= 11 is 0. The molecule has 0 aliphatic carbocycles. The summed E-state index contributed by atoms with van der Waals surface area (Å²) in [5.74, 6) is 0. The summed E-state index contributed by atoms with van der Waals surface area (Å²) in [7, 11) is 0. The molecule has 0 saturated heterocycles. The summed E-state index contributed by atoms with van der Waals surface area (Å²) in [6.45, 7) is 8.69. The molecule has 0 aromatic heterocycles. The maximum Gasteiger partial charge on any atom is 0.0441 e. The van der Waals surface area contributed by atoms with Gasteiger partial charge in [0.15, 0.2) is 0 Å². The minimum atomic E-state index is 0.814. The summed E-state index contributed by atoms with van der Waals surface area (Å²) in [5, 5.41) is 7.72. The van der Waals surface area contributed by atoms with E-state index >= 15 is 0 Å². The van der Waals surface area contributed by atoms with Crippen LogP contribution >= 0.6 is 0 Å². The number of aryl methyl sites for hydroxylation is 4. The van der Waals surface area contributed by atoms with Crippen molar-refractivity contribution in [1.29, 1.82) is 0 Å². The third kappa shape index (κ3) is 5.77. The lowest BCUT2D eigenvalue weighted by Gasteiger charge is -2.23. The Hall–Kier alpha value is -3.78. The van der Waals surface area contributed by atoms with E-state index in [4.69, 9.17) is 0 Å². The molecule has 0 spiro atoms. The monoisotopic (exact) mass is 446 g/mol. The van der Waals surface area contributed by atoms with E-state index in [1.165, 1.54) is 56.1 Å². The van der Waals surface area contributed by atoms with E-state index in [-0.39, 0.29) is 0 Å². The first-order valence-electron chi connectivity index (χ1n) is 12.0. The molecule has 2 nitrogen and oxygen atoms in total. The van der Waals surface area contributed by atoms with E-state index in [1.54, 1.807) is 0 Å². The third-order valence-electron chi connectivity index (χ3n) is 6.33. The molecule has 0 atom stereocenters. The highest BCUT2D eigenvalue weighted by molar-refractivity contribution is 5.64. The van der Waals surface area contributed by atoms with Gasteiger partial charge in [-0.3, -0.25) is 0 Å². The third-order valence-corrected chi connectivity index (χ3v) is 6.33. The van der Waals surface area contributed by atoms with Gasteiger partial charge in [-0.2, -0.15) is 0 Å². The van der Waals surface area contributed by atoms with E-state index in [2.05, 4.69) is 135 Å². The van der Waals surface area contributed by atoms with Gasteiger partial charge in [0.25, 0.3) is 0 Å². The van der Waals surface area contributed by atoms with Crippen molar-refractivity contribution < 1.29 is 0 Å². The van der Waals surface area contributed by atoms with E-state index in [0.717, 1.165) is 12.8 Å². The van der Waals surface area contributed by atoms with Gasteiger partial charge < -0.3 is 10.6 Å². The van der Waals surface area contributed by atoms with Gasteiger partial charge in [-0.1, -0.05) is 97.1 Å². The SMILES string of the molecule is Cc1cccc(C)c1N/C(Cc1ccccc1)=C(\Cc1ccccc1)Nc1c(C)cccc1C. The van der Waals surface area contributed by atoms with Gasteiger partial charge in [0.2, 0.25) is 0 Å². The van der Waals surface area contributed by atoms with Crippen LogP contribution in [0.4, 0.5) is 11.4 Å². The van der Waals surface area contributed by atoms with Crippen molar-refractivity contribution in [3.63, 3.8) is 0 Å². The van der Waals surface area contributed by atoms with Gasteiger partial charge in [0.05, 0.1) is 0 Å². The van der Waals surface area contributed by atoms with Crippen LogP contribution in [0.3, 0.4) is 0 Å². The molecule has 2 N–H and O–H groups in total. The highest BCUT2D eigenvalue weighted by Crippen LogP contribution is 2.28. The van der Waals surface area contributed by atoms with Gasteiger partial charge in [-0.25, -0.2) is 0 Å². The molecular weight excluding hydrogens is 412 g/mol. The normalized spacial score (nSPS) is 11.6. The summed E-state index contributed by atoms with van der Waals surface area (Å²) in [6.07, 6.45) is 1.63. The Morgan fingerprint density at radius 1 is 0.441 bits per heavy atom. The summed E-state index contributed by atoms with van der Waals surface area (Å²) in [6, 6.07) is 34.3. The predicted octanol–water partition coefficient (Wildman–Crippen LogP) is 8.14. The average molecular weight is 447 g/mol. The van der Waals surface area contributed by atoms with Gasteiger partial charge >= 0.3 is 0 Å². The fraction of sp³-hybridized carbons (Fsp3) is 0.188. The van der Waals surface area contributed by atoms with Crippen molar-refractivity contribution in [3.05, 3.63) is 142 Å². The minimum absolute atomic E-state index is 0.814. The zero-order valence-corrected chi connectivity index (χ0v) is 20.7. The largest absolute Gasteiger partial charge is 0.357 e. The van der Waals surface area contributed by atoms with Crippen molar-refractivity contribution in [2.75, 3.05) is 10.6 Å². The molecule has 0 aliphatic rings. The standard InChI is InChI=1S/C32H34N2/c1-23-13-11-14-24(2)31(23)33-29(21-27-17-7-5-8-18-27)30(22-28-19-9-6-10-20-28)34-32-25(3)15-12-16-26(32)4/h5-20,33-34H,21-22H2,1-4H3/b30-29+. The minimum Gasteiger partial charge on any atom is -0.357 e. The maximum atomic E-state index is 3.86. The molecule has 0 bridgehead atoms. The van der Waals surface area contributed by atoms with Crippen molar-refractivity contribution in [1.82, 2.24) is 0 Å². The number of rotatable bonds is 8. The zero-order valence-electron chi connectivity index (χ0n) is 20.7. The Morgan fingerprint density at radius 2 is 0.765 bits per heavy atom. The lowest BCUT2D eigenvalue weighted by atomic mass is 10.0. The first kappa shape index (κ1) is 23.4. The van der Waals surface area contributed by atoms with Crippen molar-refractivity contribution in [2.24, 2.45) is 0 Å². The second-order valence-corrected chi connectivity index (χ2v) is 9.07. The molecule has 0 saturated carbocycles. The quantitative estimate of drug-likeness (QED) is 0.285. The van der Waals surface area contributed by atoms with Crippen molar-refractivity contribution in [2.45, 2.75) is 40.5 Å². The molecule has 4 aromatic carbocycles. The Balaban J connectivity index is 1.85. The molecule has 4 aromatic rings. The Morgan fingerprint density at radius 3 is 1.09 bits per heavy atom. The van der Waals surface area contributed by atoms with E-state index in [9.17, 15) is 0 Å². The van der Waals surface area contributed by atoms with Crippen LogP contribution in [-0.4, -0.2) is 0 Å². The fourth-order valence-electron chi connectivity index (χ4n) is 4.38. The van der Waals surface area contributed by atoms with E-state index in [0.29, 0.717) is 0 Å². The number of allylic oxidation sites excluding steroid dienone is 2. The van der Waals surface area contributed by atoms with Crippen LogP contribution in [0.1, 0.15) is 33.4 Å². The summed E-state index contributed by atoms with van der Waals surface area (Å²) < 4.78 is 0. The van der Waals surface area contributed by atoms with Crippen LogP contribution in [-0.2, 0) is 12.8 Å². The molecule has 0 aliphatic heterocycles. The Labute approximate surface area is 204 Å². The number of hydrogen-bond donors (Lipinski definition) is 2. The van der Waals surface area contributed by atoms with Gasteiger partial charge in [0.1, 0.15) is 0 Å². The van der Waals surface area contributed by atoms with E-state index < -0.39 is 0 Å². The Kier molecular flexibility index (Phi) is 7.49. The van der Waals surface area contributed by atoms with Crippen LogP contribution < -0.4 is 10.6 Å². The fourth-order valence-corrected chi connectivity index (χ4v) is 4.38. The number of hydrogen-bond acceptors (Lipinski definition) is 2. The van der Waals surface area contributed by atoms with Gasteiger partial charge in [0, 0.05) is 35.6 Å². The molecule has 172 valence electrons. The molecule has 4 rings (SSSR count). The molecule has 2 heteroatoms. The summed E-state index contributed by atoms with van der Waals surface area (Å²) in [5.41, 5.74) is 12.3. The lowest BCUT2D eigenvalue weighted by molar-refractivity contribution is 1.03. The number of anilines is 2. The van der Waals surface area contributed by atoms with Crippen molar-refractivity contribution in [3.8, 4) is 0 Å². The molecule has 0 radical (unpaired) electrons. The highest BCUT2D eigenvalue weighted by Gasteiger charge is 2.14. The molecule has 0 fully saturated rings. The smallest absolute Gasteiger partial charge is 0.0441 e. The van der Waals surface area contributed by atoms with Crippen LogP contribution in [0.2, 0.25) is 0 Å². The van der Waals surface area contributed by atoms with Gasteiger partial charge in [-0.05, 0) is 61.1 Å². The van der Waals surface area contributed by atoms with Crippen LogP contribution in [0.15, 0.2) is 108 Å². The first-order chi connectivity index (χ1) is 16.5. The number of para-hydroxylation sites is 2. The predicted molar refractivity (Wildman–Crippen MR) is 146 cm³/mol. The first-order valence-corrected chi connectivity index (χ1v) is 12.0. The molecule has 34 heavy (non-hydrogen) atoms.